The number of alkyl halides is 3. The second kappa shape index (κ2) is 11.8. The van der Waals surface area contributed by atoms with Crippen molar-refractivity contribution in [2.24, 2.45) is 5.73 Å². The van der Waals surface area contributed by atoms with E-state index in [4.69, 9.17) is 19.9 Å². The first kappa shape index (κ1) is 28.7. The standard InChI is InChI=1S/C28H27F3N4O5/c1-38-26(36)23-22(17-6-4-3-5-7-17)20(15-32)25(33)35(24(23)27(37)39-2)19-9-8-18(21(14-19)28(29,30)31)16-34-10-12-40-13-11-34/h3-9,14,22H,10-13,16,33H2,1-2H3. The Hall–Kier alpha value is -4.34. The van der Waals surface area contributed by atoms with Crippen molar-refractivity contribution in [3.8, 4) is 6.07 Å². The van der Waals surface area contributed by atoms with Crippen LogP contribution >= 0.6 is 0 Å². The van der Waals surface area contributed by atoms with E-state index in [2.05, 4.69) is 0 Å². The summed E-state index contributed by atoms with van der Waals surface area (Å²) in [5.74, 6) is -3.48. The number of esters is 2. The van der Waals surface area contributed by atoms with E-state index < -0.39 is 35.3 Å². The van der Waals surface area contributed by atoms with Crippen LogP contribution < -0.4 is 10.6 Å². The van der Waals surface area contributed by atoms with Crippen LogP contribution in [0.1, 0.15) is 22.6 Å². The summed E-state index contributed by atoms with van der Waals surface area (Å²) in [6.45, 7) is 1.81. The Morgan fingerprint density at radius 3 is 2.30 bits per heavy atom. The zero-order chi connectivity index (χ0) is 29.0. The van der Waals surface area contributed by atoms with Gasteiger partial charge in [-0.2, -0.15) is 18.4 Å². The van der Waals surface area contributed by atoms with Gasteiger partial charge in [0.2, 0.25) is 0 Å². The molecule has 0 aromatic heterocycles. The zero-order valence-corrected chi connectivity index (χ0v) is 21.8. The summed E-state index contributed by atoms with van der Waals surface area (Å²) in [7, 11) is 2.15. The van der Waals surface area contributed by atoms with E-state index >= 15 is 0 Å². The monoisotopic (exact) mass is 556 g/mol. The number of nitriles is 1. The van der Waals surface area contributed by atoms with Crippen LogP contribution in [0, 0.1) is 11.3 Å². The fourth-order valence-corrected chi connectivity index (χ4v) is 4.89. The van der Waals surface area contributed by atoms with Gasteiger partial charge in [0.15, 0.2) is 0 Å². The first-order valence-corrected chi connectivity index (χ1v) is 12.3. The predicted octanol–water partition coefficient (Wildman–Crippen LogP) is 3.44. The van der Waals surface area contributed by atoms with Crippen LogP contribution in [0.3, 0.4) is 0 Å². The number of allylic oxidation sites excluding steroid dienone is 1. The van der Waals surface area contributed by atoms with Gasteiger partial charge >= 0.3 is 18.1 Å². The number of rotatable bonds is 6. The maximum absolute atomic E-state index is 14.3. The molecule has 2 heterocycles. The van der Waals surface area contributed by atoms with Crippen molar-refractivity contribution in [3.63, 3.8) is 0 Å². The smallest absolute Gasteiger partial charge is 0.416 e. The van der Waals surface area contributed by atoms with Crippen LogP contribution in [-0.4, -0.2) is 57.4 Å². The van der Waals surface area contributed by atoms with Gasteiger partial charge in [0.05, 0.1) is 56.1 Å². The minimum atomic E-state index is -4.75. The molecule has 0 bridgehead atoms. The van der Waals surface area contributed by atoms with Gasteiger partial charge < -0.3 is 19.9 Å². The molecule has 1 atom stereocenters. The number of methoxy groups -OCH3 is 2. The number of nitrogens with zero attached hydrogens (tertiary/aromatic N) is 3. The van der Waals surface area contributed by atoms with E-state index in [-0.39, 0.29) is 34.8 Å². The third-order valence-corrected chi connectivity index (χ3v) is 6.77. The molecule has 0 aliphatic carbocycles. The largest absolute Gasteiger partial charge is 0.466 e. The molecular formula is C28H27F3N4O5. The van der Waals surface area contributed by atoms with Crippen LogP contribution in [0.2, 0.25) is 0 Å². The van der Waals surface area contributed by atoms with Crippen molar-refractivity contribution in [3.05, 3.63) is 87.9 Å². The number of carbonyl (C=O) groups is 2. The van der Waals surface area contributed by atoms with Gasteiger partial charge in [-0.05, 0) is 23.3 Å². The van der Waals surface area contributed by atoms with E-state index in [0.717, 1.165) is 25.2 Å². The average Bonchev–Trinajstić information content (AvgIpc) is 2.96. The van der Waals surface area contributed by atoms with Crippen molar-refractivity contribution >= 4 is 17.6 Å². The molecule has 0 radical (unpaired) electrons. The van der Waals surface area contributed by atoms with Crippen LogP contribution in [0.4, 0.5) is 18.9 Å². The Bertz CT molecular complexity index is 1390. The number of nitrogens with two attached hydrogens (primary N) is 1. The lowest BCUT2D eigenvalue weighted by molar-refractivity contribution is -0.139. The van der Waals surface area contributed by atoms with Crippen LogP contribution in [0.15, 0.2) is 71.2 Å². The average molecular weight is 557 g/mol. The van der Waals surface area contributed by atoms with Crippen molar-refractivity contribution in [1.82, 2.24) is 4.90 Å². The number of carbonyl (C=O) groups excluding carboxylic acids is 2. The summed E-state index contributed by atoms with van der Waals surface area (Å²) >= 11 is 0. The summed E-state index contributed by atoms with van der Waals surface area (Å²) in [5, 5.41) is 10.1. The van der Waals surface area contributed by atoms with Gasteiger partial charge in [0, 0.05) is 25.3 Å². The molecule has 0 spiro atoms. The molecule has 2 aromatic carbocycles. The molecule has 2 aliphatic heterocycles. The Labute approximate surface area is 228 Å². The molecule has 2 aromatic rings. The van der Waals surface area contributed by atoms with Crippen molar-refractivity contribution in [2.45, 2.75) is 18.6 Å². The van der Waals surface area contributed by atoms with E-state index in [0.29, 0.717) is 31.9 Å². The molecule has 12 heteroatoms. The molecule has 40 heavy (non-hydrogen) atoms. The van der Waals surface area contributed by atoms with Crippen LogP contribution in [-0.2, 0) is 36.5 Å². The highest BCUT2D eigenvalue weighted by Gasteiger charge is 2.44. The molecule has 1 saturated heterocycles. The minimum Gasteiger partial charge on any atom is -0.466 e. The molecule has 1 unspecified atom stereocenters. The van der Waals surface area contributed by atoms with E-state index in [1.807, 2.05) is 11.0 Å². The second-order valence-electron chi connectivity index (χ2n) is 9.06. The first-order chi connectivity index (χ1) is 19.1. The van der Waals surface area contributed by atoms with Crippen molar-refractivity contribution in [2.75, 3.05) is 45.4 Å². The molecular weight excluding hydrogens is 529 g/mol. The number of benzene rings is 2. The molecule has 0 amide bonds. The summed E-state index contributed by atoms with van der Waals surface area (Å²) in [6, 6.07) is 13.8. The molecule has 9 nitrogen and oxygen atoms in total. The minimum absolute atomic E-state index is 0.0113. The highest BCUT2D eigenvalue weighted by atomic mass is 19.4. The zero-order valence-electron chi connectivity index (χ0n) is 21.8. The third-order valence-electron chi connectivity index (χ3n) is 6.77. The number of hydrogen-bond acceptors (Lipinski definition) is 9. The predicted molar refractivity (Wildman–Crippen MR) is 137 cm³/mol. The summed E-state index contributed by atoms with van der Waals surface area (Å²) in [6.07, 6.45) is -4.75. The topological polar surface area (TPSA) is 118 Å². The summed E-state index contributed by atoms with van der Waals surface area (Å²) in [5.41, 5.74) is 4.84. The van der Waals surface area contributed by atoms with E-state index in [1.54, 1.807) is 30.3 Å². The maximum atomic E-state index is 14.3. The lowest BCUT2D eigenvalue weighted by Crippen LogP contribution is -2.41. The van der Waals surface area contributed by atoms with Gasteiger partial charge in [0.25, 0.3) is 0 Å². The molecule has 210 valence electrons. The van der Waals surface area contributed by atoms with Crippen LogP contribution in [0.5, 0.6) is 0 Å². The molecule has 2 N–H and O–H groups in total. The van der Waals surface area contributed by atoms with Gasteiger partial charge in [-0.15, -0.1) is 0 Å². The fraction of sp³-hybridized carbons (Fsp3) is 0.321. The summed E-state index contributed by atoms with van der Waals surface area (Å²) in [4.78, 5) is 29.1. The van der Waals surface area contributed by atoms with Gasteiger partial charge in [-0.25, -0.2) is 9.59 Å². The quantitative estimate of drug-likeness (QED) is 0.534. The normalized spacial score (nSPS) is 18.4. The SMILES string of the molecule is COC(=O)C1=C(C(=O)OC)N(c2ccc(CN3CCOCC3)c(C(F)(F)F)c2)C(N)=C(C#N)C1c1ccccc1. The Morgan fingerprint density at radius 1 is 1.07 bits per heavy atom. The van der Waals surface area contributed by atoms with Crippen molar-refractivity contribution in [1.29, 1.82) is 5.26 Å². The Morgan fingerprint density at radius 2 is 1.73 bits per heavy atom. The number of halogens is 3. The summed E-state index contributed by atoms with van der Waals surface area (Å²) < 4.78 is 58.1. The van der Waals surface area contributed by atoms with Crippen molar-refractivity contribution < 1.29 is 37.0 Å². The highest BCUT2D eigenvalue weighted by molar-refractivity contribution is 6.06. The van der Waals surface area contributed by atoms with Gasteiger partial charge in [0.1, 0.15) is 11.5 Å². The second-order valence-corrected chi connectivity index (χ2v) is 9.06. The maximum Gasteiger partial charge on any atom is 0.416 e. The van der Waals surface area contributed by atoms with Gasteiger partial charge in [-0.1, -0.05) is 36.4 Å². The van der Waals surface area contributed by atoms with E-state index in [9.17, 15) is 28.0 Å². The number of anilines is 1. The number of morpholine rings is 1. The molecule has 1 fully saturated rings. The number of ether oxygens (including phenoxy) is 3. The Kier molecular flexibility index (Phi) is 8.46. The molecule has 4 rings (SSSR count). The number of hydrogen-bond donors (Lipinski definition) is 1. The lowest BCUT2D eigenvalue weighted by atomic mass is 9.81. The molecule has 0 saturated carbocycles. The Balaban J connectivity index is 1.95. The third kappa shape index (κ3) is 5.52. The highest BCUT2D eigenvalue weighted by Crippen LogP contribution is 2.44. The van der Waals surface area contributed by atoms with Crippen LogP contribution in [0.25, 0.3) is 0 Å². The van der Waals surface area contributed by atoms with Gasteiger partial charge in [-0.3, -0.25) is 9.80 Å². The first-order valence-electron chi connectivity index (χ1n) is 12.3. The lowest BCUT2D eigenvalue weighted by Gasteiger charge is -2.36. The van der Waals surface area contributed by atoms with E-state index in [1.165, 1.54) is 12.1 Å². The molecule has 2 aliphatic rings. The fourth-order valence-electron chi connectivity index (χ4n) is 4.89.